The zero-order valence-corrected chi connectivity index (χ0v) is 15.0. The Balaban J connectivity index is 1.39. The maximum atomic E-state index is 12.4. The van der Waals surface area contributed by atoms with E-state index in [0.717, 1.165) is 47.4 Å². The molecule has 1 amide bonds. The normalized spacial score (nSPS) is 20.2. The fourth-order valence-electron chi connectivity index (χ4n) is 3.57. The number of rotatable bonds is 4. The molecule has 3 N–H and O–H groups in total. The smallest absolute Gasteiger partial charge is 0.223 e. The molecule has 2 heterocycles. The van der Waals surface area contributed by atoms with Crippen molar-refractivity contribution in [2.75, 3.05) is 6.54 Å². The summed E-state index contributed by atoms with van der Waals surface area (Å²) in [7, 11) is 0. The molecule has 4 rings (SSSR count). The first-order chi connectivity index (χ1) is 12.7. The van der Waals surface area contributed by atoms with Crippen LogP contribution < -0.4 is 10.6 Å². The number of amides is 1. The standard InChI is InChI=1S/C21H24N4O/c1-14-12-17(10-11-22-14)21(26)23-13-15-6-8-16(9-7-15)20-24-18-4-2-3-5-19(18)25-20/h2-9,14,17,22H,10-13H2,1H3,(H,23,26)(H,24,25)/t14-,17-/m0/s1. The van der Waals surface area contributed by atoms with Crippen LogP contribution >= 0.6 is 0 Å². The van der Waals surface area contributed by atoms with Gasteiger partial charge in [-0.2, -0.15) is 0 Å². The lowest BCUT2D eigenvalue weighted by Gasteiger charge is -2.27. The monoisotopic (exact) mass is 348 g/mol. The number of para-hydroxylation sites is 2. The zero-order chi connectivity index (χ0) is 17.9. The van der Waals surface area contributed by atoms with Crippen molar-refractivity contribution in [3.05, 3.63) is 54.1 Å². The Kier molecular flexibility index (Phi) is 4.71. The number of fused-ring (bicyclic) bond motifs is 1. The minimum Gasteiger partial charge on any atom is -0.352 e. The van der Waals surface area contributed by atoms with E-state index in [9.17, 15) is 4.79 Å². The average Bonchev–Trinajstić information content (AvgIpc) is 3.11. The highest BCUT2D eigenvalue weighted by molar-refractivity contribution is 5.79. The first kappa shape index (κ1) is 16.8. The number of hydrogen-bond acceptors (Lipinski definition) is 3. The number of benzene rings is 2. The molecule has 0 aliphatic carbocycles. The molecule has 5 nitrogen and oxygen atoms in total. The predicted octanol–water partition coefficient (Wildman–Crippen LogP) is 3.23. The van der Waals surface area contributed by atoms with E-state index in [1.54, 1.807) is 0 Å². The van der Waals surface area contributed by atoms with Gasteiger partial charge in [-0.25, -0.2) is 4.98 Å². The van der Waals surface area contributed by atoms with Crippen LogP contribution in [0.15, 0.2) is 48.5 Å². The van der Waals surface area contributed by atoms with E-state index in [0.29, 0.717) is 12.6 Å². The van der Waals surface area contributed by atoms with Gasteiger partial charge in [0.05, 0.1) is 11.0 Å². The molecule has 3 aromatic rings. The molecule has 1 aliphatic rings. The molecule has 0 bridgehead atoms. The third-order valence-corrected chi connectivity index (χ3v) is 5.08. The number of nitrogens with one attached hydrogen (secondary N) is 3. The molecule has 5 heteroatoms. The lowest BCUT2D eigenvalue weighted by atomic mass is 9.92. The Hall–Kier alpha value is -2.66. The number of carbonyl (C=O) groups is 1. The predicted molar refractivity (Wildman–Crippen MR) is 104 cm³/mol. The van der Waals surface area contributed by atoms with Crippen molar-refractivity contribution in [1.29, 1.82) is 0 Å². The summed E-state index contributed by atoms with van der Waals surface area (Å²) in [5, 5.41) is 6.46. The van der Waals surface area contributed by atoms with Gasteiger partial charge in [0.2, 0.25) is 5.91 Å². The zero-order valence-electron chi connectivity index (χ0n) is 15.0. The molecule has 0 spiro atoms. The second-order valence-corrected chi connectivity index (χ2v) is 7.09. The fourth-order valence-corrected chi connectivity index (χ4v) is 3.57. The van der Waals surface area contributed by atoms with E-state index in [2.05, 4.69) is 27.5 Å². The van der Waals surface area contributed by atoms with Crippen molar-refractivity contribution in [3.63, 3.8) is 0 Å². The van der Waals surface area contributed by atoms with Gasteiger partial charge in [0.25, 0.3) is 0 Å². The topological polar surface area (TPSA) is 69.8 Å². The van der Waals surface area contributed by atoms with Crippen molar-refractivity contribution in [3.8, 4) is 11.4 Å². The number of piperidine rings is 1. The Morgan fingerprint density at radius 2 is 2.00 bits per heavy atom. The van der Waals surface area contributed by atoms with Gasteiger partial charge in [0, 0.05) is 24.1 Å². The van der Waals surface area contributed by atoms with E-state index in [1.165, 1.54) is 0 Å². The average molecular weight is 348 g/mol. The van der Waals surface area contributed by atoms with Crippen LogP contribution in [0.25, 0.3) is 22.4 Å². The highest BCUT2D eigenvalue weighted by Gasteiger charge is 2.24. The summed E-state index contributed by atoms with van der Waals surface area (Å²) in [6.07, 6.45) is 1.83. The molecule has 1 aliphatic heterocycles. The lowest BCUT2D eigenvalue weighted by Crippen LogP contribution is -2.42. The second kappa shape index (κ2) is 7.30. The van der Waals surface area contributed by atoms with Gasteiger partial charge in [0.1, 0.15) is 5.82 Å². The Labute approximate surface area is 153 Å². The van der Waals surface area contributed by atoms with Crippen LogP contribution in [-0.2, 0) is 11.3 Å². The largest absolute Gasteiger partial charge is 0.352 e. The molecule has 2 aromatic carbocycles. The SMILES string of the molecule is C[C@H]1C[C@@H](C(=O)NCc2ccc(-c3nc4ccccc4[nH]3)cc2)CCN1. The van der Waals surface area contributed by atoms with Gasteiger partial charge >= 0.3 is 0 Å². The van der Waals surface area contributed by atoms with Crippen molar-refractivity contribution in [2.24, 2.45) is 5.92 Å². The van der Waals surface area contributed by atoms with Crippen LogP contribution in [0.4, 0.5) is 0 Å². The van der Waals surface area contributed by atoms with Gasteiger partial charge in [-0.15, -0.1) is 0 Å². The minimum absolute atomic E-state index is 0.126. The summed E-state index contributed by atoms with van der Waals surface area (Å²) in [6, 6.07) is 16.6. The van der Waals surface area contributed by atoms with E-state index < -0.39 is 0 Å². The molecule has 26 heavy (non-hydrogen) atoms. The van der Waals surface area contributed by atoms with Crippen LogP contribution in [0.2, 0.25) is 0 Å². The highest BCUT2D eigenvalue weighted by Crippen LogP contribution is 2.21. The summed E-state index contributed by atoms with van der Waals surface area (Å²) in [5.41, 5.74) is 4.15. The fraction of sp³-hybridized carbons (Fsp3) is 0.333. The van der Waals surface area contributed by atoms with Crippen LogP contribution in [0.3, 0.4) is 0 Å². The van der Waals surface area contributed by atoms with E-state index >= 15 is 0 Å². The van der Waals surface area contributed by atoms with Crippen molar-refractivity contribution >= 4 is 16.9 Å². The Morgan fingerprint density at radius 3 is 2.77 bits per heavy atom. The quantitative estimate of drug-likeness (QED) is 0.678. The van der Waals surface area contributed by atoms with E-state index in [1.807, 2.05) is 48.5 Å². The van der Waals surface area contributed by atoms with Crippen LogP contribution in [-0.4, -0.2) is 28.5 Å². The Morgan fingerprint density at radius 1 is 1.19 bits per heavy atom. The molecule has 0 unspecified atom stereocenters. The van der Waals surface area contributed by atoms with E-state index in [-0.39, 0.29) is 11.8 Å². The molecule has 0 saturated carbocycles. The van der Waals surface area contributed by atoms with Crippen molar-refractivity contribution < 1.29 is 4.79 Å². The molecule has 134 valence electrons. The van der Waals surface area contributed by atoms with Gasteiger partial charge in [-0.3, -0.25) is 4.79 Å². The number of imidazole rings is 1. The van der Waals surface area contributed by atoms with Crippen LogP contribution in [0.5, 0.6) is 0 Å². The van der Waals surface area contributed by atoms with Gasteiger partial charge in [-0.05, 0) is 44.0 Å². The highest BCUT2D eigenvalue weighted by atomic mass is 16.1. The van der Waals surface area contributed by atoms with Crippen LogP contribution in [0.1, 0.15) is 25.3 Å². The first-order valence-corrected chi connectivity index (χ1v) is 9.24. The lowest BCUT2D eigenvalue weighted by molar-refractivity contribution is -0.126. The molecule has 1 saturated heterocycles. The van der Waals surface area contributed by atoms with Crippen molar-refractivity contribution in [2.45, 2.75) is 32.4 Å². The molecular formula is C21H24N4O. The third kappa shape index (κ3) is 3.63. The summed E-state index contributed by atoms with van der Waals surface area (Å²) in [6.45, 7) is 3.62. The van der Waals surface area contributed by atoms with Gasteiger partial charge < -0.3 is 15.6 Å². The van der Waals surface area contributed by atoms with Crippen LogP contribution in [0, 0.1) is 5.92 Å². The number of nitrogens with zero attached hydrogens (tertiary/aromatic N) is 1. The molecular weight excluding hydrogens is 324 g/mol. The van der Waals surface area contributed by atoms with Gasteiger partial charge in [0.15, 0.2) is 0 Å². The maximum absolute atomic E-state index is 12.4. The Bertz CT molecular complexity index is 867. The molecule has 2 atom stereocenters. The number of aromatic nitrogens is 2. The van der Waals surface area contributed by atoms with Gasteiger partial charge in [-0.1, -0.05) is 36.4 Å². The van der Waals surface area contributed by atoms with E-state index in [4.69, 9.17) is 0 Å². The molecule has 0 radical (unpaired) electrons. The number of carbonyl (C=O) groups excluding carboxylic acids is 1. The summed E-state index contributed by atoms with van der Waals surface area (Å²) < 4.78 is 0. The molecule has 1 aromatic heterocycles. The first-order valence-electron chi connectivity index (χ1n) is 9.24. The summed E-state index contributed by atoms with van der Waals surface area (Å²) in [5.74, 6) is 1.16. The summed E-state index contributed by atoms with van der Waals surface area (Å²) >= 11 is 0. The maximum Gasteiger partial charge on any atom is 0.223 e. The summed E-state index contributed by atoms with van der Waals surface area (Å²) in [4.78, 5) is 20.3. The number of hydrogen-bond donors (Lipinski definition) is 3. The minimum atomic E-state index is 0.126. The second-order valence-electron chi connectivity index (χ2n) is 7.09. The number of aromatic amines is 1. The number of H-pyrrole nitrogens is 1. The third-order valence-electron chi connectivity index (χ3n) is 5.08. The van der Waals surface area contributed by atoms with Crippen molar-refractivity contribution in [1.82, 2.24) is 20.6 Å². The molecule has 1 fully saturated rings.